The van der Waals surface area contributed by atoms with Gasteiger partial charge in [0, 0.05) is 12.6 Å². The van der Waals surface area contributed by atoms with Crippen LogP contribution in [-0.4, -0.2) is 17.8 Å². The minimum atomic E-state index is -0.652. The monoisotopic (exact) mass is 187 g/mol. The molecule has 1 unspecified atom stereocenters. The zero-order chi connectivity index (χ0) is 9.84. The van der Waals surface area contributed by atoms with Crippen molar-refractivity contribution < 1.29 is 13.9 Å². The van der Waals surface area contributed by atoms with E-state index in [1.165, 1.54) is 6.07 Å². The summed E-state index contributed by atoms with van der Waals surface area (Å²) >= 11 is 0. The average Bonchev–Trinajstić information content (AvgIpc) is 2.02. The van der Waals surface area contributed by atoms with Crippen molar-refractivity contribution >= 4 is 5.69 Å². The van der Waals surface area contributed by atoms with E-state index in [2.05, 4.69) is 5.32 Å². The molecule has 0 spiro atoms. The summed E-state index contributed by atoms with van der Waals surface area (Å²) in [5.74, 6) is -1.26. The second-order valence-corrected chi connectivity index (χ2v) is 2.85. The number of aliphatic hydroxyl groups is 1. The van der Waals surface area contributed by atoms with Gasteiger partial charge in [-0.1, -0.05) is 0 Å². The molecule has 4 heteroatoms. The molecule has 0 saturated carbocycles. The van der Waals surface area contributed by atoms with Gasteiger partial charge in [-0.25, -0.2) is 8.78 Å². The SMILES string of the molecule is CC(O)CNc1ccc(F)cc1F. The molecule has 0 radical (unpaired) electrons. The number of aliphatic hydroxyl groups excluding tert-OH is 1. The first-order valence-electron chi connectivity index (χ1n) is 3.96. The second kappa shape index (κ2) is 4.18. The standard InChI is InChI=1S/C9H11F2NO/c1-6(13)5-12-9-3-2-7(10)4-8(9)11/h2-4,6,12-13H,5H2,1H3. The van der Waals surface area contributed by atoms with Gasteiger partial charge in [0.05, 0.1) is 11.8 Å². The van der Waals surface area contributed by atoms with Gasteiger partial charge in [0.2, 0.25) is 0 Å². The molecule has 0 bridgehead atoms. The summed E-state index contributed by atoms with van der Waals surface area (Å²) in [7, 11) is 0. The molecule has 0 aliphatic carbocycles. The van der Waals surface area contributed by atoms with Crippen LogP contribution >= 0.6 is 0 Å². The van der Waals surface area contributed by atoms with E-state index >= 15 is 0 Å². The van der Waals surface area contributed by atoms with Crippen LogP contribution in [0.15, 0.2) is 18.2 Å². The lowest BCUT2D eigenvalue weighted by Crippen LogP contribution is -2.16. The maximum Gasteiger partial charge on any atom is 0.149 e. The van der Waals surface area contributed by atoms with E-state index in [0.717, 1.165) is 12.1 Å². The van der Waals surface area contributed by atoms with Crippen LogP contribution in [0.25, 0.3) is 0 Å². The molecule has 0 amide bonds. The zero-order valence-corrected chi connectivity index (χ0v) is 7.22. The number of hydrogen-bond acceptors (Lipinski definition) is 2. The van der Waals surface area contributed by atoms with Crippen molar-refractivity contribution in [3.8, 4) is 0 Å². The Balaban J connectivity index is 2.67. The fourth-order valence-corrected chi connectivity index (χ4v) is 0.891. The van der Waals surface area contributed by atoms with Gasteiger partial charge >= 0.3 is 0 Å². The van der Waals surface area contributed by atoms with E-state index in [1.807, 2.05) is 0 Å². The maximum absolute atomic E-state index is 12.9. The van der Waals surface area contributed by atoms with Crippen LogP contribution in [0, 0.1) is 11.6 Å². The molecule has 0 aliphatic rings. The van der Waals surface area contributed by atoms with Crippen LogP contribution < -0.4 is 5.32 Å². The van der Waals surface area contributed by atoms with E-state index < -0.39 is 17.7 Å². The molecule has 1 aromatic carbocycles. The van der Waals surface area contributed by atoms with E-state index in [0.29, 0.717) is 0 Å². The number of halogens is 2. The van der Waals surface area contributed by atoms with Crippen molar-refractivity contribution in [1.29, 1.82) is 0 Å². The van der Waals surface area contributed by atoms with Gasteiger partial charge < -0.3 is 10.4 Å². The summed E-state index contributed by atoms with van der Waals surface area (Å²) in [5.41, 5.74) is 0.197. The van der Waals surface area contributed by atoms with Crippen molar-refractivity contribution in [3.05, 3.63) is 29.8 Å². The number of nitrogens with one attached hydrogen (secondary N) is 1. The fraction of sp³-hybridized carbons (Fsp3) is 0.333. The Morgan fingerprint density at radius 3 is 2.69 bits per heavy atom. The molecule has 2 nitrogen and oxygen atoms in total. The average molecular weight is 187 g/mol. The maximum atomic E-state index is 12.9. The summed E-state index contributed by atoms with van der Waals surface area (Å²) in [6.45, 7) is 1.82. The lowest BCUT2D eigenvalue weighted by molar-refractivity contribution is 0.208. The molecule has 0 fully saturated rings. The summed E-state index contributed by atoms with van der Waals surface area (Å²) in [5, 5.41) is 11.5. The number of benzene rings is 1. The molecular weight excluding hydrogens is 176 g/mol. The molecular formula is C9H11F2NO. The van der Waals surface area contributed by atoms with Gasteiger partial charge in [-0.05, 0) is 19.1 Å². The van der Waals surface area contributed by atoms with E-state index in [-0.39, 0.29) is 12.2 Å². The van der Waals surface area contributed by atoms with Crippen LogP contribution in [0.3, 0.4) is 0 Å². The van der Waals surface area contributed by atoms with Gasteiger partial charge in [-0.3, -0.25) is 0 Å². The first kappa shape index (κ1) is 9.92. The largest absolute Gasteiger partial charge is 0.392 e. The fourth-order valence-electron chi connectivity index (χ4n) is 0.891. The second-order valence-electron chi connectivity index (χ2n) is 2.85. The normalized spacial score (nSPS) is 12.6. The van der Waals surface area contributed by atoms with Gasteiger partial charge in [-0.15, -0.1) is 0 Å². The molecule has 0 saturated heterocycles. The Morgan fingerprint density at radius 1 is 1.46 bits per heavy atom. The number of hydrogen-bond donors (Lipinski definition) is 2. The highest BCUT2D eigenvalue weighted by molar-refractivity contribution is 5.44. The molecule has 1 rings (SSSR count). The van der Waals surface area contributed by atoms with Crippen LogP contribution in [0.1, 0.15) is 6.92 Å². The summed E-state index contributed by atoms with van der Waals surface area (Å²) in [4.78, 5) is 0. The Bertz CT molecular complexity index is 289. The molecule has 1 atom stereocenters. The molecule has 72 valence electrons. The minimum Gasteiger partial charge on any atom is -0.392 e. The topological polar surface area (TPSA) is 32.3 Å². The van der Waals surface area contributed by atoms with Gasteiger partial charge in [0.15, 0.2) is 0 Å². The molecule has 0 heterocycles. The van der Waals surface area contributed by atoms with Crippen LogP contribution in [-0.2, 0) is 0 Å². The number of rotatable bonds is 3. The molecule has 13 heavy (non-hydrogen) atoms. The molecule has 0 aliphatic heterocycles. The Hall–Kier alpha value is -1.16. The van der Waals surface area contributed by atoms with Gasteiger partial charge in [0.1, 0.15) is 11.6 Å². The van der Waals surface area contributed by atoms with Crippen molar-refractivity contribution in [2.75, 3.05) is 11.9 Å². The van der Waals surface area contributed by atoms with Crippen molar-refractivity contribution in [1.82, 2.24) is 0 Å². The van der Waals surface area contributed by atoms with E-state index in [4.69, 9.17) is 5.11 Å². The Labute approximate surface area is 75.2 Å². The third kappa shape index (κ3) is 2.99. The molecule has 2 N–H and O–H groups in total. The van der Waals surface area contributed by atoms with E-state index in [9.17, 15) is 8.78 Å². The highest BCUT2D eigenvalue weighted by Crippen LogP contribution is 2.14. The predicted octanol–water partition coefficient (Wildman–Crippen LogP) is 1.76. The van der Waals surface area contributed by atoms with Crippen molar-refractivity contribution in [3.63, 3.8) is 0 Å². The lowest BCUT2D eigenvalue weighted by Gasteiger charge is -2.08. The zero-order valence-electron chi connectivity index (χ0n) is 7.22. The Kier molecular flexibility index (Phi) is 3.19. The third-order valence-corrected chi connectivity index (χ3v) is 1.52. The van der Waals surface area contributed by atoms with Crippen LogP contribution in [0.4, 0.5) is 14.5 Å². The highest BCUT2D eigenvalue weighted by atomic mass is 19.1. The smallest absolute Gasteiger partial charge is 0.149 e. The Morgan fingerprint density at radius 2 is 2.15 bits per heavy atom. The lowest BCUT2D eigenvalue weighted by atomic mass is 10.3. The molecule has 0 aromatic heterocycles. The van der Waals surface area contributed by atoms with Gasteiger partial charge in [-0.2, -0.15) is 0 Å². The van der Waals surface area contributed by atoms with Crippen molar-refractivity contribution in [2.45, 2.75) is 13.0 Å². The highest BCUT2D eigenvalue weighted by Gasteiger charge is 2.03. The number of anilines is 1. The summed E-state index contributed by atoms with van der Waals surface area (Å²) in [6, 6.07) is 3.25. The van der Waals surface area contributed by atoms with Crippen molar-refractivity contribution in [2.24, 2.45) is 0 Å². The summed E-state index contributed by atoms with van der Waals surface area (Å²) in [6.07, 6.45) is -0.565. The quantitative estimate of drug-likeness (QED) is 0.755. The van der Waals surface area contributed by atoms with E-state index in [1.54, 1.807) is 6.92 Å². The third-order valence-electron chi connectivity index (χ3n) is 1.52. The van der Waals surface area contributed by atoms with Gasteiger partial charge in [0.25, 0.3) is 0 Å². The van der Waals surface area contributed by atoms with Crippen LogP contribution in [0.2, 0.25) is 0 Å². The first-order chi connectivity index (χ1) is 6.09. The molecule has 1 aromatic rings. The predicted molar refractivity (Wildman–Crippen MR) is 46.5 cm³/mol. The minimum absolute atomic E-state index is 0.197. The summed E-state index contributed by atoms with van der Waals surface area (Å²) < 4.78 is 25.3. The van der Waals surface area contributed by atoms with Crippen LogP contribution in [0.5, 0.6) is 0 Å². The first-order valence-corrected chi connectivity index (χ1v) is 3.96.